The second-order valence-electron chi connectivity index (χ2n) is 3.88. The van der Waals surface area contributed by atoms with Crippen molar-refractivity contribution in [3.8, 4) is 5.75 Å². The number of hydrogen-bond donors (Lipinski definition) is 2. The molecule has 19 heavy (non-hydrogen) atoms. The Bertz CT molecular complexity index is 520. The highest BCUT2D eigenvalue weighted by molar-refractivity contribution is 5.96. The summed E-state index contributed by atoms with van der Waals surface area (Å²) in [6.07, 6.45) is -1.16. The number of fused-ring (bicyclic) bond motifs is 1. The molecule has 0 radical (unpaired) electrons. The van der Waals surface area contributed by atoms with Gasteiger partial charge in [0.15, 0.2) is 12.4 Å². The number of hydrogen-bond acceptors (Lipinski definition) is 7. The summed E-state index contributed by atoms with van der Waals surface area (Å²) in [6, 6.07) is 2.50. The number of ether oxygens (including phenoxy) is 1. The molecule has 1 amide bonds. The molecule has 0 bridgehead atoms. The molecule has 9 heteroatoms. The van der Waals surface area contributed by atoms with Crippen molar-refractivity contribution in [2.75, 3.05) is 24.7 Å². The van der Waals surface area contributed by atoms with Gasteiger partial charge in [-0.3, -0.25) is 9.69 Å². The zero-order valence-electron chi connectivity index (χ0n) is 9.72. The maximum absolute atomic E-state index is 11.7. The van der Waals surface area contributed by atoms with Crippen LogP contribution in [-0.4, -0.2) is 51.9 Å². The number of carbonyl (C=O) groups excluding carboxylic acids is 1. The van der Waals surface area contributed by atoms with Crippen molar-refractivity contribution in [2.24, 2.45) is 0 Å². The molecule has 2 N–H and O–H groups in total. The highest BCUT2D eigenvalue weighted by atomic mass is 16.6. The summed E-state index contributed by atoms with van der Waals surface area (Å²) in [6.45, 7) is -0.987. The molecule has 1 aliphatic heterocycles. The van der Waals surface area contributed by atoms with Gasteiger partial charge in [0.05, 0.1) is 19.3 Å². The summed E-state index contributed by atoms with van der Waals surface area (Å²) < 4.78 is 5.10. The lowest BCUT2D eigenvalue weighted by Crippen LogP contribution is -2.44. The third-order valence-corrected chi connectivity index (χ3v) is 2.52. The van der Waals surface area contributed by atoms with Crippen molar-refractivity contribution in [1.29, 1.82) is 0 Å². The number of aromatic nitrogens is 1. The molecule has 0 aromatic carbocycles. The first-order valence-corrected chi connectivity index (χ1v) is 5.40. The van der Waals surface area contributed by atoms with E-state index in [1.54, 1.807) is 0 Å². The van der Waals surface area contributed by atoms with Crippen LogP contribution in [0.2, 0.25) is 0 Å². The molecule has 0 aliphatic carbocycles. The zero-order chi connectivity index (χ0) is 14.0. The summed E-state index contributed by atoms with van der Waals surface area (Å²) in [7, 11) is 0. The number of pyridine rings is 1. The van der Waals surface area contributed by atoms with E-state index in [-0.39, 0.29) is 24.7 Å². The summed E-state index contributed by atoms with van der Waals surface area (Å²) in [4.78, 5) is 26.4. The van der Waals surface area contributed by atoms with Crippen LogP contribution >= 0.6 is 0 Å². The van der Waals surface area contributed by atoms with E-state index in [0.717, 1.165) is 11.0 Å². The number of nitrogens with zero attached hydrogens (tertiary/aromatic N) is 3. The predicted molar refractivity (Wildman–Crippen MR) is 61.8 cm³/mol. The van der Waals surface area contributed by atoms with Gasteiger partial charge in [-0.15, -0.1) is 0 Å². The number of anilines is 1. The van der Waals surface area contributed by atoms with Crippen molar-refractivity contribution in [3.05, 3.63) is 22.2 Å². The second-order valence-corrected chi connectivity index (χ2v) is 3.88. The first-order valence-electron chi connectivity index (χ1n) is 5.40. The predicted octanol–water partition coefficient (Wildman–Crippen LogP) is -0.932. The topological polar surface area (TPSA) is 126 Å². The van der Waals surface area contributed by atoms with Crippen molar-refractivity contribution in [3.63, 3.8) is 0 Å². The van der Waals surface area contributed by atoms with Gasteiger partial charge in [0.1, 0.15) is 0 Å². The second kappa shape index (κ2) is 5.16. The number of β-amino-alcohol motifs (C(OH)–C–C–N with tert-alkyl or cyclic N) is 1. The third-order valence-electron chi connectivity index (χ3n) is 2.52. The Kier molecular flexibility index (Phi) is 3.58. The molecular weight excluding hydrogens is 258 g/mol. The number of aliphatic hydroxyl groups is 2. The summed E-state index contributed by atoms with van der Waals surface area (Å²) in [5, 5.41) is 28.8. The van der Waals surface area contributed by atoms with Crippen molar-refractivity contribution >= 4 is 17.5 Å². The quantitative estimate of drug-likeness (QED) is 0.534. The first kappa shape index (κ1) is 13.2. The van der Waals surface area contributed by atoms with E-state index in [1.165, 1.54) is 6.07 Å². The van der Waals surface area contributed by atoms with Gasteiger partial charge < -0.3 is 25.1 Å². The van der Waals surface area contributed by atoms with Gasteiger partial charge in [-0.25, -0.2) is 0 Å². The first-order chi connectivity index (χ1) is 9.02. The fourth-order valence-electron chi connectivity index (χ4n) is 1.63. The van der Waals surface area contributed by atoms with E-state index in [4.69, 9.17) is 9.84 Å². The Morgan fingerprint density at radius 1 is 1.58 bits per heavy atom. The molecule has 0 saturated carbocycles. The van der Waals surface area contributed by atoms with Gasteiger partial charge in [0, 0.05) is 6.07 Å². The molecule has 0 saturated heterocycles. The van der Waals surface area contributed by atoms with Crippen LogP contribution in [0, 0.1) is 10.1 Å². The van der Waals surface area contributed by atoms with Gasteiger partial charge in [-0.1, -0.05) is 0 Å². The summed E-state index contributed by atoms with van der Waals surface area (Å²) >= 11 is 0. The number of nitro groups is 1. The van der Waals surface area contributed by atoms with E-state index in [1.807, 2.05) is 0 Å². The van der Waals surface area contributed by atoms with E-state index >= 15 is 0 Å². The molecular formula is C10H11N3O6. The Hall–Kier alpha value is -2.26. The van der Waals surface area contributed by atoms with Gasteiger partial charge in [-0.05, 0) is 16.0 Å². The number of amides is 1. The van der Waals surface area contributed by atoms with Crippen molar-refractivity contribution in [2.45, 2.75) is 6.10 Å². The lowest BCUT2D eigenvalue weighted by atomic mass is 10.2. The van der Waals surface area contributed by atoms with Crippen LogP contribution < -0.4 is 9.64 Å². The average molecular weight is 269 g/mol. The Morgan fingerprint density at radius 3 is 2.95 bits per heavy atom. The highest BCUT2D eigenvalue weighted by Crippen LogP contribution is 2.31. The van der Waals surface area contributed by atoms with Crippen LogP contribution in [0.3, 0.4) is 0 Å². The third kappa shape index (κ3) is 2.61. The van der Waals surface area contributed by atoms with Crippen LogP contribution in [0.4, 0.5) is 11.6 Å². The molecule has 102 valence electrons. The molecule has 1 aliphatic rings. The molecule has 2 heterocycles. The number of rotatable bonds is 4. The SMILES string of the molecule is O=C1COc2ccc([N+](=O)[O-])nc2N1CC(O)CO. The average Bonchev–Trinajstić information content (AvgIpc) is 2.41. The standard InChI is InChI=1S/C10H11N3O6/c14-4-6(15)3-12-9(16)5-19-7-1-2-8(13(17)18)11-10(7)12/h1-2,6,14-15H,3-5H2. The molecule has 0 fully saturated rings. The van der Waals surface area contributed by atoms with E-state index < -0.39 is 29.4 Å². The molecule has 1 unspecified atom stereocenters. The van der Waals surface area contributed by atoms with E-state index in [2.05, 4.69) is 4.98 Å². The Morgan fingerprint density at radius 2 is 2.32 bits per heavy atom. The van der Waals surface area contributed by atoms with Gasteiger partial charge in [-0.2, -0.15) is 0 Å². The molecule has 0 spiro atoms. The van der Waals surface area contributed by atoms with Crippen LogP contribution in [-0.2, 0) is 4.79 Å². The summed E-state index contributed by atoms with van der Waals surface area (Å²) in [5.41, 5.74) is 0. The highest BCUT2D eigenvalue weighted by Gasteiger charge is 2.33. The maximum Gasteiger partial charge on any atom is 0.366 e. The smallest absolute Gasteiger partial charge is 0.366 e. The fraction of sp³-hybridized carbons (Fsp3) is 0.400. The lowest BCUT2D eigenvalue weighted by molar-refractivity contribution is -0.389. The van der Waals surface area contributed by atoms with Gasteiger partial charge in [0.25, 0.3) is 11.7 Å². The van der Waals surface area contributed by atoms with E-state index in [0.29, 0.717) is 0 Å². The zero-order valence-corrected chi connectivity index (χ0v) is 9.72. The number of aliphatic hydroxyl groups excluding tert-OH is 2. The number of carbonyl (C=O) groups is 1. The molecule has 9 nitrogen and oxygen atoms in total. The minimum absolute atomic E-state index is 0.0297. The van der Waals surface area contributed by atoms with Crippen LogP contribution in [0.5, 0.6) is 5.75 Å². The molecule has 2 rings (SSSR count). The Balaban J connectivity index is 2.38. The van der Waals surface area contributed by atoms with E-state index in [9.17, 15) is 20.0 Å². The minimum Gasteiger partial charge on any atom is -0.477 e. The maximum atomic E-state index is 11.7. The van der Waals surface area contributed by atoms with Gasteiger partial charge in [0.2, 0.25) is 0 Å². The molecule has 1 aromatic rings. The summed E-state index contributed by atoms with van der Waals surface area (Å²) in [5.74, 6) is -0.734. The van der Waals surface area contributed by atoms with Crippen LogP contribution in [0.15, 0.2) is 12.1 Å². The molecule has 1 atom stereocenters. The van der Waals surface area contributed by atoms with Crippen LogP contribution in [0.25, 0.3) is 0 Å². The van der Waals surface area contributed by atoms with Crippen molar-refractivity contribution in [1.82, 2.24) is 4.98 Å². The Labute approximate surface area is 107 Å². The fourth-order valence-corrected chi connectivity index (χ4v) is 1.63. The molecule has 1 aromatic heterocycles. The normalized spacial score (nSPS) is 15.7. The van der Waals surface area contributed by atoms with Gasteiger partial charge >= 0.3 is 5.82 Å². The minimum atomic E-state index is -1.16. The van der Waals surface area contributed by atoms with Crippen molar-refractivity contribution < 1.29 is 24.7 Å². The monoisotopic (exact) mass is 269 g/mol. The van der Waals surface area contributed by atoms with Crippen LogP contribution in [0.1, 0.15) is 0 Å². The largest absolute Gasteiger partial charge is 0.477 e. The lowest BCUT2D eigenvalue weighted by Gasteiger charge is -2.26.